The molecule has 1 N–H and O–H groups in total. The molecule has 0 aliphatic heterocycles. The Morgan fingerprint density at radius 3 is 2.67 bits per heavy atom. The van der Waals surface area contributed by atoms with Gasteiger partial charge in [-0.15, -0.1) is 6.58 Å². The molecule has 0 aromatic heterocycles. The monoisotopic (exact) mass is 168 g/mol. The second-order valence-corrected chi connectivity index (χ2v) is 1.73. The molecule has 0 amide bonds. The number of carboxylic acids is 1. The van der Waals surface area contributed by atoms with E-state index in [-0.39, 0.29) is 6.61 Å². The number of aliphatic carboxylic acids is 1. The number of hydrogen-bond acceptors (Lipinski definition) is 3. The minimum atomic E-state index is -1.61. The number of esters is 1. The smallest absolute Gasteiger partial charge is 0.418 e. The predicted molar refractivity (Wildman–Crippen MR) is 41.2 cm³/mol. The molecule has 0 spiro atoms. The van der Waals surface area contributed by atoms with Crippen LogP contribution in [0.2, 0.25) is 0 Å². The summed E-state index contributed by atoms with van der Waals surface area (Å²) in [5.41, 5.74) is 0. The van der Waals surface area contributed by atoms with Crippen molar-refractivity contribution in [3.63, 3.8) is 0 Å². The number of carboxylic acid groups (broad SMARTS) is 1. The molecule has 0 radical (unpaired) electrons. The number of allylic oxidation sites excluding steroid dienone is 1. The molecule has 0 aliphatic rings. The molecule has 0 aromatic rings. The first-order chi connectivity index (χ1) is 5.68. The van der Waals surface area contributed by atoms with Crippen LogP contribution in [0, 0.1) is 11.8 Å². The van der Waals surface area contributed by atoms with Gasteiger partial charge < -0.3 is 9.84 Å². The Kier molecular flexibility index (Phi) is 5.11. The molecule has 0 aromatic carbocycles. The Bertz CT molecular complexity index is 244. The molecule has 0 saturated carbocycles. The quantitative estimate of drug-likeness (QED) is 0.277. The maximum atomic E-state index is 10.3. The zero-order chi connectivity index (χ0) is 9.40. The summed E-state index contributed by atoms with van der Waals surface area (Å²) in [6.45, 7) is 3.22. The summed E-state index contributed by atoms with van der Waals surface area (Å²) in [6.07, 6.45) is 2.08. The number of hydrogen-bond donors (Lipinski definition) is 1. The highest BCUT2D eigenvalue weighted by atomic mass is 16.6. The Morgan fingerprint density at radius 1 is 1.50 bits per heavy atom. The van der Waals surface area contributed by atoms with Crippen LogP contribution >= 0.6 is 0 Å². The molecule has 4 heteroatoms. The van der Waals surface area contributed by atoms with E-state index in [4.69, 9.17) is 5.11 Å². The maximum Gasteiger partial charge on any atom is 0.418 e. The van der Waals surface area contributed by atoms with Crippen LogP contribution in [0.1, 0.15) is 6.42 Å². The SMILES string of the molecule is C=CCC#CCOC(=O)C(=O)O. The van der Waals surface area contributed by atoms with Gasteiger partial charge in [0.2, 0.25) is 0 Å². The summed E-state index contributed by atoms with van der Waals surface area (Å²) in [6, 6.07) is 0. The molecular weight excluding hydrogens is 160 g/mol. The normalized spacial score (nSPS) is 7.67. The van der Waals surface area contributed by atoms with Gasteiger partial charge in [0.1, 0.15) is 0 Å². The van der Waals surface area contributed by atoms with Gasteiger partial charge in [-0.05, 0) is 0 Å². The van der Waals surface area contributed by atoms with Gasteiger partial charge in [-0.2, -0.15) is 0 Å². The third-order valence-electron chi connectivity index (χ3n) is 0.821. The molecule has 0 rings (SSSR count). The van der Waals surface area contributed by atoms with Crippen molar-refractivity contribution in [2.45, 2.75) is 6.42 Å². The molecule has 0 atom stereocenters. The summed E-state index contributed by atoms with van der Waals surface area (Å²) < 4.78 is 4.20. The van der Waals surface area contributed by atoms with Crippen molar-refractivity contribution in [2.24, 2.45) is 0 Å². The minimum absolute atomic E-state index is 0.195. The highest BCUT2D eigenvalue weighted by molar-refractivity contribution is 6.28. The van der Waals surface area contributed by atoms with Crippen molar-refractivity contribution in [3.8, 4) is 11.8 Å². The molecule has 4 nitrogen and oxygen atoms in total. The Morgan fingerprint density at radius 2 is 2.17 bits per heavy atom. The van der Waals surface area contributed by atoms with Gasteiger partial charge in [0.25, 0.3) is 0 Å². The van der Waals surface area contributed by atoms with Gasteiger partial charge in [-0.3, -0.25) is 0 Å². The second-order valence-electron chi connectivity index (χ2n) is 1.73. The van der Waals surface area contributed by atoms with Crippen molar-refractivity contribution in [1.29, 1.82) is 0 Å². The number of rotatable bonds is 2. The van der Waals surface area contributed by atoms with Gasteiger partial charge in [0.05, 0.1) is 0 Å². The van der Waals surface area contributed by atoms with Gasteiger partial charge in [0.15, 0.2) is 6.61 Å². The molecule has 12 heavy (non-hydrogen) atoms. The van der Waals surface area contributed by atoms with E-state index in [1.165, 1.54) is 0 Å². The summed E-state index contributed by atoms with van der Waals surface area (Å²) in [5, 5.41) is 8.05. The minimum Gasteiger partial charge on any atom is -0.473 e. The van der Waals surface area contributed by atoms with Crippen molar-refractivity contribution < 1.29 is 19.4 Å². The van der Waals surface area contributed by atoms with Gasteiger partial charge in [0, 0.05) is 6.42 Å². The first-order valence-corrected chi connectivity index (χ1v) is 3.15. The molecule has 0 saturated heterocycles. The van der Waals surface area contributed by atoms with E-state index in [1.807, 2.05) is 0 Å². The fraction of sp³-hybridized carbons (Fsp3) is 0.250. The summed E-state index contributed by atoms with van der Waals surface area (Å²) in [5.74, 6) is 2.14. The molecule has 0 fully saturated rings. The summed E-state index contributed by atoms with van der Waals surface area (Å²) in [7, 11) is 0. The highest BCUT2D eigenvalue weighted by Gasteiger charge is 2.10. The number of ether oxygens (including phenoxy) is 1. The van der Waals surface area contributed by atoms with Crippen LogP contribution in [0.3, 0.4) is 0 Å². The lowest BCUT2D eigenvalue weighted by molar-refractivity contribution is -0.162. The Hall–Kier alpha value is -1.76. The maximum absolute atomic E-state index is 10.3. The first kappa shape index (κ1) is 10.2. The van der Waals surface area contributed by atoms with E-state index < -0.39 is 11.9 Å². The molecule has 0 heterocycles. The lowest BCUT2D eigenvalue weighted by atomic mass is 10.4. The van der Waals surface area contributed by atoms with Crippen molar-refractivity contribution >= 4 is 11.9 Å². The molecule has 0 unspecified atom stereocenters. The molecule has 0 aliphatic carbocycles. The largest absolute Gasteiger partial charge is 0.473 e. The molecular formula is C8H8O4. The third-order valence-corrected chi connectivity index (χ3v) is 0.821. The van der Waals surface area contributed by atoms with Crippen LogP contribution in [0.4, 0.5) is 0 Å². The lowest BCUT2D eigenvalue weighted by Crippen LogP contribution is -2.16. The van der Waals surface area contributed by atoms with Crippen LogP contribution < -0.4 is 0 Å². The van der Waals surface area contributed by atoms with Crippen LogP contribution in [0.25, 0.3) is 0 Å². The average Bonchev–Trinajstić information content (AvgIpc) is 2.03. The van der Waals surface area contributed by atoms with Gasteiger partial charge >= 0.3 is 11.9 Å². The Labute approximate surface area is 69.8 Å². The summed E-state index contributed by atoms with van der Waals surface area (Å²) >= 11 is 0. The first-order valence-electron chi connectivity index (χ1n) is 3.15. The van der Waals surface area contributed by atoms with Gasteiger partial charge in [-0.25, -0.2) is 9.59 Å². The van der Waals surface area contributed by atoms with Crippen LogP contribution in [-0.2, 0) is 14.3 Å². The van der Waals surface area contributed by atoms with E-state index >= 15 is 0 Å². The Balaban J connectivity index is 3.58. The zero-order valence-electron chi connectivity index (χ0n) is 6.37. The number of carbonyl (C=O) groups excluding carboxylic acids is 1. The van der Waals surface area contributed by atoms with E-state index in [2.05, 4.69) is 23.2 Å². The van der Waals surface area contributed by atoms with Crippen LogP contribution in [0.15, 0.2) is 12.7 Å². The van der Waals surface area contributed by atoms with Crippen molar-refractivity contribution in [2.75, 3.05) is 6.61 Å². The van der Waals surface area contributed by atoms with E-state index in [1.54, 1.807) is 6.08 Å². The van der Waals surface area contributed by atoms with Crippen molar-refractivity contribution in [3.05, 3.63) is 12.7 Å². The molecule has 0 bridgehead atoms. The zero-order valence-corrected chi connectivity index (χ0v) is 6.37. The second kappa shape index (κ2) is 5.98. The fourth-order valence-electron chi connectivity index (χ4n) is 0.359. The fourth-order valence-corrected chi connectivity index (χ4v) is 0.359. The lowest BCUT2D eigenvalue weighted by Gasteiger charge is -1.92. The predicted octanol–water partition coefficient (Wildman–Crippen LogP) is 0.194. The molecule has 64 valence electrons. The highest BCUT2D eigenvalue weighted by Crippen LogP contribution is 1.78. The summed E-state index contributed by atoms with van der Waals surface area (Å²) in [4.78, 5) is 20.1. The average molecular weight is 168 g/mol. The number of carbonyl (C=O) groups is 2. The van der Waals surface area contributed by atoms with Crippen LogP contribution in [-0.4, -0.2) is 23.7 Å². The topological polar surface area (TPSA) is 63.6 Å². The van der Waals surface area contributed by atoms with Gasteiger partial charge in [-0.1, -0.05) is 17.9 Å². The van der Waals surface area contributed by atoms with E-state index in [9.17, 15) is 9.59 Å². The van der Waals surface area contributed by atoms with E-state index in [0.717, 1.165) is 0 Å². The van der Waals surface area contributed by atoms with Crippen molar-refractivity contribution in [1.82, 2.24) is 0 Å². The standard InChI is InChI=1S/C8H8O4/c1-2-3-4-5-6-12-8(11)7(9)10/h2H,1,3,6H2,(H,9,10). The van der Waals surface area contributed by atoms with Crippen LogP contribution in [0.5, 0.6) is 0 Å². The van der Waals surface area contributed by atoms with E-state index in [0.29, 0.717) is 6.42 Å². The third kappa shape index (κ3) is 5.06.